The Balaban J connectivity index is 1.47. The molecular formula is C23H31N4O2+. The Morgan fingerprint density at radius 2 is 1.59 bits per heavy atom. The standard InChI is InChI=1S/C23H30N4O2/c1-3-26(4-2)23(29)19-10-12-20(13-11-19)24-22(28)18-25-14-16-27(17-15-25)21-8-6-5-7-9-21/h5-13H,3-4,14-18H2,1-2H3,(H,24,28)/p+1. The van der Waals surface area contributed by atoms with Gasteiger partial charge in [0.25, 0.3) is 11.8 Å². The fourth-order valence-electron chi connectivity index (χ4n) is 3.72. The molecule has 6 heteroatoms. The van der Waals surface area contributed by atoms with Crippen LogP contribution in [0.25, 0.3) is 0 Å². The molecule has 1 fully saturated rings. The minimum Gasteiger partial charge on any atom is -0.360 e. The summed E-state index contributed by atoms with van der Waals surface area (Å²) >= 11 is 0. The number of carbonyl (C=O) groups excluding carboxylic acids is 2. The van der Waals surface area contributed by atoms with Crippen LogP contribution in [0.2, 0.25) is 0 Å². The van der Waals surface area contributed by atoms with E-state index in [-0.39, 0.29) is 11.8 Å². The number of hydrogen-bond acceptors (Lipinski definition) is 3. The molecule has 0 radical (unpaired) electrons. The molecule has 2 aromatic carbocycles. The molecule has 0 aromatic heterocycles. The summed E-state index contributed by atoms with van der Waals surface area (Å²) < 4.78 is 0. The van der Waals surface area contributed by atoms with E-state index in [0.29, 0.717) is 25.2 Å². The fourth-order valence-corrected chi connectivity index (χ4v) is 3.72. The van der Waals surface area contributed by atoms with Gasteiger partial charge in [0.1, 0.15) is 0 Å². The molecule has 3 rings (SSSR count). The zero-order chi connectivity index (χ0) is 20.6. The molecule has 1 saturated heterocycles. The Kier molecular flexibility index (Phi) is 7.25. The lowest BCUT2D eigenvalue weighted by Crippen LogP contribution is -3.15. The number of piperazine rings is 1. The van der Waals surface area contributed by atoms with Crippen LogP contribution in [0.3, 0.4) is 0 Å². The topological polar surface area (TPSA) is 57.1 Å². The van der Waals surface area contributed by atoms with Crippen LogP contribution in [-0.4, -0.2) is 62.5 Å². The van der Waals surface area contributed by atoms with E-state index in [2.05, 4.69) is 34.5 Å². The largest absolute Gasteiger partial charge is 0.360 e. The maximum atomic E-state index is 12.4. The van der Waals surface area contributed by atoms with Crippen LogP contribution >= 0.6 is 0 Å². The second-order valence-corrected chi connectivity index (χ2v) is 7.35. The highest BCUT2D eigenvalue weighted by molar-refractivity contribution is 5.96. The number of quaternary nitrogens is 1. The monoisotopic (exact) mass is 395 g/mol. The van der Waals surface area contributed by atoms with Crippen molar-refractivity contribution in [3.63, 3.8) is 0 Å². The maximum absolute atomic E-state index is 12.4. The molecule has 0 unspecified atom stereocenters. The van der Waals surface area contributed by atoms with Crippen LogP contribution in [0.4, 0.5) is 11.4 Å². The van der Waals surface area contributed by atoms with Gasteiger partial charge in [-0.2, -0.15) is 0 Å². The van der Waals surface area contributed by atoms with Crippen LogP contribution in [0.5, 0.6) is 0 Å². The van der Waals surface area contributed by atoms with Gasteiger partial charge in [-0.1, -0.05) is 18.2 Å². The van der Waals surface area contributed by atoms with Gasteiger partial charge in [0.05, 0.1) is 26.2 Å². The van der Waals surface area contributed by atoms with Crippen molar-refractivity contribution in [3.8, 4) is 0 Å². The summed E-state index contributed by atoms with van der Waals surface area (Å²) in [6, 6.07) is 17.6. The summed E-state index contributed by atoms with van der Waals surface area (Å²) in [7, 11) is 0. The van der Waals surface area contributed by atoms with Gasteiger partial charge in [-0.15, -0.1) is 0 Å². The summed E-state index contributed by atoms with van der Waals surface area (Å²) in [6.07, 6.45) is 0. The summed E-state index contributed by atoms with van der Waals surface area (Å²) in [5, 5.41) is 2.96. The number of para-hydroxylation sites is 1. The van der Waals surface area contributed by atoms with Crippen molar-refractivity contribution in [3.05, 3.63) is 60.2 Å². The van der Waals surface area contributed by atoms with Gasteiger partial charge < -0.3 is 20.0 Å². The Bertz CT molecular complexity index is 795. The highest BCUT2D eigenvalue weighted by Gasteiger charge is 2.22. The van der Waals surface area contributed by atoms with Crippen LogP contribution < -0.4 is 15.1 Å². The van der Waals surface area contributed by atoms with Crippen molar-refractivity contribution in [2.75, 3.05) is 56.0 Å². The molecule has 2 N–H and O–H groups in total. The molecule has 0 bridgehead atoms. The number of nitrogens with zero attached hydrogens (tertiary/aromatic N) is 2. The van der Waals surface area contributed by atoms with Crippen molar-refractivity contribution in [1.82, 2.24) is 4.90 Å². The number of benzene rings is 2. The van der Waals surface area contributed by atoms with Crippen molar-refractivity contribution < 1.29 is 14.5 Å². The van der Waals surface area contributed by atoms with Crippen molar-refractivity contribution >= 4 is 23.2 Å². The molecule has 0 spiro atoms. The lowest BCUT2D eigenvalue weighted by molar-refractivity contribution is -0.892. The molecule has 2 aromatic rings. The second-order valence-electron chi connectivity index (χ2n) is 7.35. The Hall–Kier alpha value is -2.86. The van der Waals surface area contributed by atoms with Gasteiger partial charge in [-0.25, -0.2) is 0 Å². The molecule has 6 nitrogen and oxygen atoms in total. The molecule has 2 amide bonds. The van der Waals surface area contributed by atoms with E-state index >= 15 is 0 Å². The smallest absolute Gasteiger partial charge is 0.279 e. The molecule has 0 aliphatic carbocycles. The number of amides is 2. The third kappa shape index (κ3) is 5.57. The third-order valence-corrected chi connectivity index (χ3v) is 5.47. The van der Waals surface area contributed by atoms with E-state index in [1.165, 1.54) is 10.6 Å². The second kappa shape index (κ2) is 10.1. The highest BCUT2D eigenvalue weighted by atomic mass is 16.2. The van der Waals surface area contributed by atoms with Crippen LogP contribution in [0, 0.1) is 0 Å². The van der Waals surface area contributed by atoms with E-state index in [0.717, 1.165) is 31.9 Å². The molecule has 0 saturated carbocycles. The molecular weight excluding hydrogens is 364 g/mol. The number of carbonyl (C=O) groups is 2. The number of rotatable bonds is 7. The maximum Gasteiger partial charge on any atom is 0.279 e. The van der Waals surface area contributed by atoms with Gasteiger partial charge >= 0.3 is 0 Å². The predicted octanol–water partition coefficient (Wildman–Crippen LogP) is 1.51. The molecule has 1 heterocycles. The normalized spacial score (nSPS) is 14.5. The van der Waals surface area contributed by atoms with Crippen molar-refractivity contribution in [1.29, 1.82) is 0 Å². The average Bonchev–Trinajstić information content (AvgIpc) is 2.76. The Labute approximate surface area is 173 Å². The van der Waals surface area contributed by atoms with E-state index in [4.69, 9.17) is 0 Å². The predicted molar refractivity (Wildman–Crippen MR) is 117 cm³/mol. The first-order chi connectivity index (χ1) is 14.1. The highest BCUT2D eigenvalue weighted by Crippen LogP contribution is 2.13. The third-order valence-electron chi connectivity index (χ3n) is 5.47. The summed E-state index contributed by atoms with van der Waals surface area (Å²) in [4.78, 5) is 30.2. The van der Waals surface area contributed by atoms with Crippen LogP contribution in [-0.2, 0) is 4.79 Å². The van der Waals surface area contributed by atoms with Gasteiger partial charge in [0, 0.05) is 30.0 Å². The van der Waals surface area contributed by atoms with E-state index in [9.17, 15) is 9.59 Å². The molecule has 0 atom stereocenters. The number of hydrogen-bond donors (Lipinski definition) is 2. The fraction of sp³-hybridized carbons (Fsp3) is 0.391. The minimum absolute atomic E-state index is 0.0102. The Morgan fingerprint density at radius 3 is 2.17 bits per heavy atom. The zero-order valence-electron chi connectivity index (χ0n) is 17.4. The molecule has 29 heavy (non-hydrogen) atoms. The molecule has 154 valence electrons. The van der Waals surface area contributed by atoms with Crippen LogP contribution in [0.1, 0.15) is 24.2 Å². The number of nitrogens with one attached hydrogen (secondary N) is 2. The van der Waals surface area contributed by atoms with Crippen molar-refractivity contribution in [2.24, 2.45) is 0 Å². The molecule has 1 aliphatic heterocycles. The van der Waals surface area contributed by atoms with E-state index in [1.807, 2.05) is 19.9 Å². The van der Waals surface area contributed by atoms with E-state index in [1.54, 1.807) is 29.2 Å². The van der Waals surface area contributed by atoms with Gasteiger partial charge in [-0.05, 0) is 50.2 Å². The first-order valence-corrected chi connectivity index (χ1v) is 10.4. The van der Waals surface area contributed by atoms with Gasteiger partial charge in [0.15, 0.2) is 6.54 Å². The summed E-state index contributed by atoms with van der Waals surface area (Å²) in [6.45, 7) is 9.57. The van der Waals surface area contributed by atoms with E-state index < -0.39 is 0 Å². The average molecular weight is 396 g/mol. The number of anilines is 2. The Morgan fingerprint density at radius 1 is 0.966 bits per heavy atom. The quantitative estimate of drug-likeness (QED) is 0.747. The summed E-state index contributed by atoms with van der Waals surface area (Å²) in [5.74, 6) is 0.0320. The minimum atomic E-state index is 0.0102. The lowest BCUT2D eigenvalue weighted by atomic mass is 10.1. The summed E-state index contributed by atoms with van der Waals surface area (Å²) in [5.41, 5.74) is 2.62. The first kappa shape index (κ1) is 20.9. The first-order valence-electron chi connectivity index (χ1n) is 10.4. The van der Waals surface area contributed by atoms with Crippen LogP contribution in [0.15, 0.2) is 54.6 Å². The zero-order valence-corrected chi connectivity index (χ0v) is 17.4. The molecule has 1 aliphatic rings. The van der Waals surface area contributed by atoms with Crippen molar-refractivity contribution in [2.45, 2.75) is 13.8 Å². The lowest BCUT2D eigenvalue weighted by Gasteiger charge is -2.33. The van der Waals surface area contributed by atoms with Gasteiger partial charge in [-0.3, -0.25) is 9.59 Å². The SMILES string of the molecule is CCN(CC)C(=O)c1ccc(NC(=O)C[NH+]2CCN(c3ccccc3)CC2)cc1. The van der Waals surface area contributed by atoms with Gasteiger partial charge in [0.2, 0.25) is 0 Å².